The van der Waals surface area contributed by atoms with E-state index in [1.165, 1.54) is 19.3 Å². The molecule has 3 nitrogen and oxygen atoms in total. The molecule has 1 rings (SSSR count). The lowest BCUT2D eigenvalue weighted by atomic mass is 10.2. The van der Waals surface area contributed by atoms with Gasteiger partial charge in [0.2, 0.25) is 11.1 Å². The second-order valence-electron chi connectivity index (χ2n) is 3.48. The summed E-state index contributed by atoms with van der Waals surface area (Å²) in [7, 11) is 0. The first-order valence-electron chi connectivity index (χ1n) is 5.45. The molecule has 0 saturated carbocycles. The number of hydrogen-bond acceptors (Lipinski definition) is 2. The number of rotatable bonds is 6. The lowest BCUT2D eigenvalue weighted by Gasteiger charge is -2.02. The molecule has 0 aliphatic carbocycles. The van der Waals surface area contributed by atoms with Crippen LogP contribution in [-0.2, 0) is 0 Å². The van der Waals surface area contributed by atoms with Crippen molar-refractivity contribution in [2.75, 3.05) is 6.61 Å². The number of ether oxygens (including phenoxy) is 1. The van der Waals surface area contributed by atoms with E-state index in [1.807, 2.05) is 18.2 Å². The lowest BCUT2D eigenvalue weighted by Crippen LogP contribution is -1.96. The highest BCUT2D eigenvalue weighted by molar-refractivity contribution is 5.56. The lowest BCUT2D eigenvalue weighted by molar-refractivity contribution is 0.307. The van der Waals surface area contributed by atoms with Crippen LogP contribution >= 0.6 is 0 Å². The van der Waals surface area contributed by atoms with Crippen LogP contribution in [0.15, 0.2) is 24.3 Å². The first-order chi connectivity index (χ1) is 7.38. The molecule has 3 heteroatoms. The van der Waals surface area contributed by atoms with Crippen molar-refractivity contribution in [2.24, 2.45) is 0 Å². The van der Waals surface area contributed by atoms with Crippen molar-refractivity contribution in [3.8, 4) is 5.75 Å². The Morgan fingerprint density at radius 3 is 2.73 bits per heavy atom. The van der Waals surface area contributed by atoms with E-state index in [-0.39, 0.29) is 0 Å². The normalized spacial score (nSPS) is 9.60. The summed E-state index contributed by atoms with van der Waals surface area (Å²) in [5.74, 6) is 0.650. The van der Waals surface area contributed by atoms with Gasteiger partial charge in [0.1, 0.15) is 0 Å². The van der Waals surface area contributed by atoms with Gasteiger partial charge in [0, 0.05) is 6.07 Å². The number of hydrogen-bond donors (Lipinski definition) is 0. The van der Waals surface area contributed by atoms with Crippen molar-refractivity contribution >= 4 is 5.69 Å². The van der Waals surface area contributed by atoms with Gasteiger partial charge in [-0.15, -0.1) is 0 Å². The van der Waals surface area contributed by atoms with Crippen molar-refractivity contribution in [3.05, 3.63) is 29.2 Å². The predicted octanol–water partition coefficient (Wildman–Crippen LogP) is 4.13. The fraction of sp³-hybridized carbons (Fsp3) is 0.500. The molecule has 0 spiro atoms. The zero-order valence-corrected chi connectivity index (χ0v) is 9.15. The molecular weight excluding hydrogens is 188 g/mol. The maximum Gasteiger partial charge on any atom is 0.426 e. The van der Waals surface area contributed by atoms with Crippen LogP contribution in [0.25, 0.3) is 4.98 Å². The third-order valence-electron chi connectivity index (χ3n) is 2.23. The average Bonchev–Trinajstić information content (AvgIpc) is 2.29. The van der Waals surface area contributed by atoms with E-state index in [9.17, 15) is 0 Å². The van der Waals surface area contributed by atoms with Crippen molar-refractivity contribution in [2.45, 2.75) is 32.6 Å². The van der Waals surface area contributed by atoms with Crippen LogP contribution in [0.2, 0.25) is 0 Å². The van der Waals surface area contributed by atoms with Gasteiger partial charge in [-0.3, -0.25) is 0 Å². The molecule has 0 radical (unpaired) electrons. The number of diazo groups is 1. The molecule has 0 N–H and O–H groups in total. The quantitative estimate of drug-likeness (QED) is 0.517. The summed E-state index contributed by atoms with van der Waals surface area (Å²) >= 11 is 0. The molecule has 0 unspecified atom stereocenters. The Labute approximate surface area is 90.7 Å². The van der Waals surface area contributed by atoms with Crippen molar-refractivity contribution in [3.63, 3.8) is 0 Å². The van der Waals surface area contributed by atoms with Crippen LogP contribution in [0, 0.1) is 5.39 Å². The molecule has 0 atom stereocenters. The van der Waals surface area contributed by atoms with Crippen LogP contribution in [0.4, 0.5) is 5.69 Å². The molecule has 0 aliphatic rings. The minimum absolute atomic E-state index is 0.494. The van der Waals surface area contributed by atoms with E-state index < -0.39 is 0 Å². The summed E-state index contributed by atoms with van der Waals surface area (Å²) in [6.45, 7) is 2.87. The van der Waals surface area contributed by atoms with Crippen LogP contribution in [0.3, 0.4) is 0 Å². The molecule has 0 aromatic heterocycles. The Balaban J connectivity index is 2.34. The summed E-state index contributed by atoms with van der Waals surface area (Å²) in [4.78, 5) is 3.16. The minimum Gasteiger partial charge on any atom is -0.486 e. The molecular formula is C12H17N2O+. The first kappa shape index (κ1) is 11.5. The number of benzene rings is 1. The minimum atomic E-state index is 0.494. The molecule has 0 aliphatic heterocycles. The SMILES string of the molecule is CCCCCCOc1ccccc1[N+]#N. The Hall–Kier alpha value is -1.56. The third-order valence-corrected chi connectivity index (χ3v) is 2.23. The summed E-state index contributed by atoms with van der Waals surface area (Å²) in [5.41, 5.74) is 0.494. The maximum absolute atomic E-state index is 8.70. The molecule has 0 fully saturated rings. The fourth-order valence-electron chi connectivity index (χ4n) is 1.37. The average molecular weight is 205 g/mol. The Bertz CT molecular complexity index is 331. The second kappa shape index (κ2) is 6.83. The highest BCUT2D eigenvalue weighted by Gasteiger charge is 2.12. The van der Waals surface area contributed by atoms with Gasteiger partial charge in [0.05, 0.1) is 6.61 Å². The Morgan fingerprint density at radius 2 is 2.00 bits per heavy atom. The maximum atomic E-state index is 8.70. The number of para-hydroxylation sites is 1. The largest absolute Gasteiger partial charge is 0.486 e. The molecule has 1 aromatic carbocycles. The molecule has 0 bridgehead atoms. The smallest absolute Gasteiger partial charge is 0.426 e. The third kappa shape index (κ3) is 3.99. The molecule has 0 heterocycles. The highest BCUT2D eigenvalue weighted by atomic mass is 16.5. The molecule has 15 heavy (non-hydrogen) atoms. The monoisotopic (exact) mass is 205 g/mol. The summed E-state index contributed by atoms with van der Waals surface area (Å²) in [6.07, 6.45) is 4.71. The first-order valence-corrected chi connectivity index (χ1v) is 5.45. The van der Waals surface area contributed by atoms with Crippen molar-refractivity contribution in [1.29, 1.82) is 5.39 Å². The summed E-state index contributed by atoms with van der Waals surface area (Å²) in [5, 5.41) is 8.70. The van der Waals surface area contributed by atoms with Crippen LogP contribution < -0.4 is 4.74 Å². The molecule has 1 aromatic rings. The number of unbranched alkanes of at least 4 members (excludes halogenated alkanes) is 3. The zero-order valence-electron chi connectivity index (χ0n) is 9.15. The topological polar surface area (TPSA) is 37.4 Å². The van der Waals surface area contributed by atoms with Crippen LogP contribution in [0.1, 0.15) is 32.6 Å². The van der Waals surface area contributed by atoms with Gasteiger partial charge in [-0.05, 0) is 12.5 Å². The number of nitrogens with zero attached hydrogens (tertiary/aromatic N) is 2. The van der Waals surface area contributed by atoms with Crippen molar-refractivity contribution < 1.29 is 4.74 Å². The van der Waals surface area contributed by atoms with Crippen molar-refractivity contribution in [1.82, 2.24) is 0 Å². The fourth-order valence-corrected chi connectivity index (χ4v) is 1.37. The Morgan fingerprint density at radius 1 is 1.20 bits per heavy atom. The summed E-state index contributed by atoms with van der Waals surface area (Å²) in [6, 6.07) is 7.23. The van der Waals surface area contributed by atoms with Gasteiger partial charge in [0.15, 0.2) is 4.98 Å². The Kier molecular flexibility index (Phi) is 5.24. The van der Waals surface area contributed by atoms with E-state index in [1.54, 1.807) is 6.07 Å². The van der Waals surface area contributed by atoms with E-state index in [0.29, 0.717) is 18.0 Å². The van der Waals surface area contributed by atoms with Gasteiger partial charge < -0.3 is 4.74 Å². The van der Waals surface area contributed by atoms with Gasteiger partial charge >= 0.3 is 5.69 Å². The van der Waals surface area contributed by atoms with Gasteiger partial charge in [-0.1, -0.05) is 38.3 Å². The second-order valence-corrected chi connectivity index (χ2v) is 3.48. The summed E-state index contributed by atoms with van der Waals surface area (Å²) < 4.78 is 5.52. The zero-order chi connectivity index (χ0) is 10.9. The van der Waals surface area contributed by atoms with E-state index >= 15 is 0 Å². The van der Waals surface area contributed by atoms with E-state index in [4.69, 9.17) is 10.1 Å². The van der Waals surface area contributed by atoms with Gasteiger partial charge in [-0.25, -0.2) is 0 Å². The molecule has 80 valence electrons. The predicted molar refractivity (Wildman–Crippen MR) is 60.8 cm³/mol. The van der Waals surface area contributed by atoms with Crippen LogP contribution in [-0.4, -0.2) is 6.61 Å². The standard InChI is InChI=1S/C12H17N2O/c1-2-3-4-7-10-15-12-9-6-5-8-11(12)14-13/h5-6,8-9H,2-4,7,10H2,1H3/q+1. The van der Waals surface area contributed by atoms with Gasteiger partial charge in [0.25, 0.3) is 0 Å². The molecule has 0 amide bonds. The highest BCUT2D eigenvalue weighted by Crippen LogP contribution is 2.26. The van der Waals surface area contributed by atoms with Gasteiger partial charge in [-0.2, -0.15) is 0 Å². The van der Waals surface area contributed by atoms with Crippen LogP contribution in [0.5, 0.6) is 5.75 Å². The van der Waals surface area contributed by atoms with E-state index in [2.05, 4.69) is 11.9 Å². The molecule has 0 saturated heterocycles. The van der Waals surface area contributed by atoms with E-state index in [0.717, 1.165) is 6.42 Å².